The Morgan fingerprint density at radius 3 is 1.32 bits per heavy atom. The Balaban J connectivity index is 1.09. The fraction of sp³-hybridized carbons (Fsp3) is 0.576. The van der Waals surface area contributed by atoms with Crippen molar-refractivity contribution in [2.75, 3.05) is 27.2 Å². The lowest BCUT2D eigenvalue weighted by atomic mass is 9.85. The molecule has 17 nitrogen and oxygen atoms in total. The molecule has 7 rings (SSSR count). The predicted molar refractivity (Wildman–Crippen MR) is 290 cm³/mol. The van der Waals surface area contributed by atoms with Gasteiger partial charge in [0.15, 0.2) is 11.6 Å². The van der Waals surface area contributed by atoms with Crippen LogP contribution in [0.5, 0.6) is 0 Å². The van der Waals surface area contributed by atoms with Crippen LogP contribution in [-0.2, 0) is 41.6 Å². The van der Waals surface area contributed by atoms with Crippen molar-refractivity contribution < 1.29 is 38.4 Å². The molecule has 4 aliphatic rings. The first-order valence-corrected chi connectivity index (χ1v) is 27.3. The van der Waals surface area contributed by atoms with Crippen LogP contribution in [0, 0.1) is 22.7 Å². The van der Waals surface area contributed by atoms with Crippen molar-refractivity contribution in [1.82, 2.24) is 46.7 Å². The van der Waals surface area contributed by atoms with E-state index in [0.29, 0.717) is 0 Å². The fourth-order valence-electron chi connectivity index (χ4n) is 11.4. The number of fused-ring (bicyclic) bond motifs is 2. The number of benzene rings is 2. The highest BCUT2D eigenvalue weighted by molar-refractivity contribution is 5.99. The van der Waals surface area contributed by atoms with E-state index in [1.807, 2.05) is 77.9 Å². The number of nitrogens with one attached hydrogen (secondary N) is 6. The quantitative estimate of drug-likeness (QED) is 0.0894. The largest absolute Gasteiger partial charge is 0.347 e. The second-order valence-corrected chi connectivity index (χ2v) is 23.8. The van der Waals surface area contributed by atoms with Crippen LogP contribution in [0.25, 0.3) is 0 Å². The number of ketones is 2. The summed E-state index contributed by atoms with van der Waals surface area (Å²) in [6, 6.07) is 15.3. The summed E-state index contributed by atoms with van der Waals surface area (Å²) in [4.78, 5) is 121. The second kappa shape index (κ2) is 24.3. The number of amides is 6. The van der Waals surface area contributed by atoms with E-state index in [0.717, 1.165) is 49.7 Å². The average Bonchev–Trinajstić information content (AvgIpc) is 4.03. The Hall–Kier alpha value is -6.33. The molecule has 0 spiro atoms. The van der Waals surface area contributed by atoms with Gasteiger partial charge < -0.3 is 41.7 Å². The first-order valence-electron chi connectivity index (χ1n) is 27.3. The SMILES string of the molecule is CN[C@@H](C)C(=O)N[C@H](C(=O)N1C[C@@H](CC(=O)c2cccc(C(=O)C[C@H]3C[C@@H](C(=O)N[C@@H]4CCCc5ccccc54)N(C(=O)[C@@H](NC(=O)[C@H](C)NC)C(C)(C)C)C3)n2)CC1C(=O)N[C@@H]1CCCc2ccccc21)C(C)(C)C. The summed E-state index contributed by atoms with van der Waals surface area (Å²) < 4.78 is 0. The Bertz CT molecular complexity index is 2480. The first kappa shape index (κ1) is 57.4. The lowest BCUT2D eigenvalue weighted by molar-refractivity contribution is -0.144. The maximum Gasteiger partial charge on any atom is 0.246 e. The predicted octanol–water partition coefficient (Wildman–Crippen LogP) is 5.33. The van der Waals surface area contributed by atoms with Crippen LogP contribution in [0.2, 0.25) is 0 Å². The van der Waals surface area contributed by atoms with Crippen LogP contribution in [0.4, 0.5) is 0 Å². The zero-order valence-electron chi connectivity index (χ0n) is 46.2. The summed E-state index contributed by atoms with van der Waals surface area (Å²) in [6.07, 6.45) is 5.36. The minimum Gasteiger partial charge on any atom is -0.347 e. The maximum atomic E-state index is 14.7. The van der Waals surface area contributed by atoms with Gasteiger partial charge in [-0.25, -0.2) is 4.98 Å². The highest BCUT2D eigenvalue weighted by atomic mass is 16.2. The molecule has 1 unspecified atom stereocenters. The van der Waals surface area contributed by atoms with Crippen molar-refractivity contribution >= 4 is 47.0 Å². The third kappa shape index (κ3) is 13.4. The molecule has 2 aromatic carbocycles. The standard InChI is InChI=1S/C59H81N9O8/c1-34(60-9)52(71)65-50(58(3,4)5)56(75)67-32-36(28-46(67)54(73)63-42-24-15-20-38-18-11-13-22-40(38)42)30-48(69)44-26-17-27-45(62-44)49(70)31-37-29-47(55(74)64-43-25-16-21-39-19-12-14-23-41(39)43)68(33-37)57(76)51(59(6,7)8)66-53(72)35(2)61-10/h11-14,17-19,22-23,26-27,34-37,42-43,46-47,50-51,60-61H,15-16,20-21,24-25,28-33H2,1-10H3,(H,63,73)(H,64,74)(H,65,71)(H,66,72)/t34-,35-,36+,37+,42+,43+,46-,47?,50+,51+/m0/s1. The van der Waals surface area contributed by atoms with E-state index < -0.39 is 70.7 Å². The minimum atomic E-state index is -0.975. The van der Waals surface area contributed by atoms with Gasteiger partial charge in [-0.3, -0.25) is 38.4 Å². The number of hydrogen-bond acceptors (Lipinski definition) is 11. The van der Waals surface area contributed by atoms with Gasteiger partial charge in [0.05, 0.1) is 24.2 Å². The van der Waals surface area contributed by atoms with Gasteiger partial charge in [-0.15, -0.1) is 0 Å². The van der Waals surface area contributed by atoms with E-state index in [9.17, 15) is 38.4 Å². The zero-order chi connectivity index (χ0) is 55.2. The Morgan fingerprint density at radius 2 is 0.947 bits per heavy atom. The number of aromatic nitrogens is 1. The molecule has 3 aromatic rings. The summed E-state index contributed by atoms with van der Waals surface area (Å²) in [5, 5.41) is 18.2. The van der Waals surface area contributed by atoms with E-state index >= 15 is 0 Å². The molecule has 2 aliphatic heterocycles. The number of carbonyl (C=O) groups is 8. The molecule has 76 heavy (non-hydrogen) atoms. The van der Waals surface area contributed by atoms with Gasteiger partial charge in [0.1, 0.15) is 35.6 Å². The summed E-state index contributed by atoms with van der Waals surface area (Å²) >= 11 is 0. The van der Waals surface area contributed by atoms with Crippen molar-refractivity contribution in [2.45, 2.75) is 168 Å². The van der Waals surface area contributed by atoms with Crippen molar-refractivity contribution in [1.29, 1.82) is 0 Å². The van der Waals surface area contributed by atoms with E-state index in [2.05, 4.69) is 49.0 Å². The van der Waals surface area contributed by atoms with Gasteiger partial charge in [-0.1, -0.05) is 96.1 Å². The number of aryl methyl sites for hydroxylation is 2. The van der Waals surface area contributed by atoms with Crippen molar-refractivity contribution in [3.05, 3.63) is 100 Å². The Labute approximate surface area is 448 Å². The minimum absolute atomic E-state index is 0.0594. The van der Waals surface area contributed by atoms with Gasteiger partial charge in [0, 0.05) is 25.9 Å². The first-order chi connectivity index (χ1) is 36.0. The monoisotopic (exact) mass is 1040 g/mol. The summed E-state index contributed by atoms with van der Waals surface area (Å²) in [6.45, 7) is 14.7. The van der Waals surface area contributed by atoms with Crippen molar-refractivity contribution in [2.24, 2.45) is 22.7 Å². The number of likely N-dealkylation sites (N-methyl/N-ethyl adjacent to an activating group) is 2. The average molecular weight is 1040 g/mol. The number of rotatable bonds is 18. The van der Waals surface area contributed by atoms with Crippen LogP contribution >= 0.6 is 0 Å². The third-order valence-corrected chi connectivity index (χ3v) is 16.0. The van der Waals surface area contributed by atoms with E-state index in [4.69, 9.17) is 0 Å². The van der Waals surface area contributed by atoms with Crippen molar-refractivity contribution in [3.8, 4) is 0 Å². The highest BCUT2D eigenvalue weighted by Gasteiger charge is 2.48. The number of Topliss-reactive ketones (excluding diaryl/α,β-unsaturated/α-hetero) is 2. The fourth-order valence-corrected chi connectivity index (χ4v) is 11.4. The smallest absolute Gasteiger partial charge is 0.246 e. The number of likely N-dealkylation sites (tertiary alicyclic amines) is 2. The normalized spacial score (nSPS) is 23.0. The van der Waals surface area contributed by atoms with E-state index in [1.54, 1.807) is 46.1 Å². The van der Waals surface area contributed by atoms with Gasteiger partial charge >= 0.3 is 0 Å². The van der Waals surface area contributed by atoms with Crippen LogP contribution < -0.4 is 31.9 Å². The van der Waals surface area contributed by atoms with E-state index in [1.165, 1.54) is 20.9 Å². The molecule has 0 radical (unpaired) electrons. The summed E-state index contributed by atoms with van der Waals surface area (Å²) in [5.41, 5.74) is 3.10. The molecule has 410 valence electrons. The molecule has 10 atom stereocenters. The van der Waals surface area contributed by atoms with Gasteiger partial charge in [-0.2, -0.15) is 0 Å². The van der Waals surface area contributed by atoms with Gasteiger partial charge in [-0.05, 0) is 136 Å². The second-order valence-electron chi connectivity index (χ2n) is 23.8. The molecule has 2 aliphatic carbocycles. The van der Waals surface area contributed by atoms with Crippen LogP contribution in [-0.4, -0.2) is 125 Å². The maximum absolute atomic E-state index is 14.7. The molecule has 1 aromatic heterocycles. The topological polar surface area (TPSA) is 228 Å². The molecule has 2 saturated heterocycles. The number of hydrogen-bond donors (Lipinski definition) is 6. The summed E-state index contributed by atoms with van der Waals surface area (Å²) in [7, 11) is 3.32. The molecular formula is C59H81N9O8. The molecule has 3 heterocycles. The zero-order valence-corrected chi connectivity index (χ0v) is 46.2. The molecule has 0 bridgehead atoms. The Morgan fingerprint density at radius 1 is 0.566 bits per heavy atom. The van der Waals surface area contributed by atoms with Gasteiger partial charge in [0.2, 0.25) is 35.4 Å². The molecule has 0 saturated carbocycles. The van der Waals surface area contributed by atoms with Crippen LogP contribution in [0.3, 0.4) is 0 Å². The van der Waals surface area contributed by atoms with Crippen LogP contribution in [0.15, 0.2) is 66.7 Å². The van der Waals surface area contributed by atoms with E-state index in [-0.39, 0.29) is 97.4 Å². The Kier molecular flexibility index (Phi) is 18.4. The molecular weight excluding hydrogens is 963 g/mol. The molecule has 6 N–H and O–H groups in total. The highest BCUT2D eigenvalue weighted by Crippen LogP contribution is 2.36. The number of pyridine rings is 1. The van der Waals surface area contributed by atoms with Gasteiger partial charge in [0.25, 0.3) is 0 Å². The number of carbonyl (C=O) groups excluding carboxylic acids is 8. The lowest BCUT2D eigenvalue weighted by Gasteiger charge is -2.36. The lowest BCUT2D eigenvalue weighted by Crippen LogP contribution is -2.59. The third-order valence-electron chi connectivity index (χ3n) is 16.0. The van der Waals surface area contributed by atoms with Crippen LogP contribution in [0.1, 0.15) is 162 Å². The van der Waals surface area contributed by atoms with Crippen molar-refractivity contribution in [3.63, 3.8) is 0 Å². The molecule has 17 heteroatoms. The molecule has 6 amide bonds. The summed E-state index contributed by atoms with van der Waals surface area (Å²) in [5.74, 6) is -3.82. The number of nitrogens with zero attached hydrogens (tertiary/aromatic N) is 3. The molecule has 2 fully saturated rings.